The number of hydrogen-bond donors (Lipinski definition) is 1. The van der Waals surface area contributed by atoms with Crippen molar-refractivity contribution in [1.82, 2.24) is 19.2 Å². The van der Waals surface area contributed by atoms with E-state index in [0.717, 1.165) is 12.1 Å². The van der Waals surface area contributed by atoms with Crippen LogP contribution in [0.15, 0.2) is 66.0 Å². The minimum Gasteiger partial charge on any atom is -0.379 e. The number of rotatable bonds is 6. The Labute approximate surface area is 194 Å². The number of carbonyl (C=O) groups is 1. The van der Waals surface area contributed by atoms with Crippen LogP contribution in [0, 0.1) is 0 Å². The fraction of sp³-hybridized carbons (Fsp3) is 0.273. The van der Waals surface area contributed by atoms with E-state index in [1.807, 2.05) is 0 Å². The molecule has 1 saturated heterocycles. The number of benzene rings is 2. The van der Waals surface area contributed by atoms with E-state index in [4.69, 9.17) is 4.74 Å². The lowest BCUT2D eigenvalue weighted by molar-refractivity contribution is -0.137. The van der Waals surface area contributed by atoms with Crippen LogP contribution in [-0.4, -0.2) is 54.5 Å². The molecule has 0 bridgehead atoms. The zero-order valence-electron chi connectivity index (χ0n) is 17.8. The molecule has 2 aromatic carbocycles. The number of imidazole rings is 1. The van der Waals surface area contributed by atoms with Crippen molar-refractivity contribution in [3.63, 3.8) is 0 Å². The first-order valence-corrected chi connectivity index (χ1v) is 11.8. The van der Waals surface area contributed by atoms with Gasteiger partial charge in [-0.25, -0.2) is 13.4 Å². The Morgan fingerprint density at radius 3 is 2.47 bits per heavy atom. The van der Waals surface area contributed by atoms with Gasteiger partial charge in [0.25, 0.3) is 5.91 Å². The van der Waals surface area contributed by atoms with Crippen molar-refractivity contribution in [2.75, 3.05) is 26.3 Å². The number of amides is 1. The summed E-state index contributed by atoms with van der Waals surface area (Å²) in [6.45, 7) is 1.20. The van der Waals surface area contributed by atoms with Crippen LogP contribution in [0.4, 0.5) is 13.2 Å². The number of carbonyl (C=O) groups excluding carboxylic acids is 1. The van der Waals surface area contributed by atoms with Crippen molar-refractivity contribution in [3.8, 4) is 5.69 Å². The maximum Gasteiger partial charge on any atom is 0.416 e. The lowest BCUT2D eigenvalue weighted by Crippen LogP contribution is -2.40. The summed E-state index contributed by atoms with van der Waals surface area (Å²) in [6, 6.07) is 10.9. The first-order chi connectivity index (χ1) is 16.1. The van der Waals surface area contributed by atoms with Crippen LogP contribution < -0.4 is 5.32 Å². The van der Waals surface area contributed by atoms with E-state index in [0.29, 0.717) is 37.6 Å². The van der Waals surface area contributed by atoms with Gasteiger partial charge in [-0.05, 0) is 42.0 Å². The van der Waals surface area contributed by atoms with E-state index in [1.165, 1.54) is 41.1 Å². The van der Waals surface area contributed by atoms with E-state index in [9.17, 15) is 26.4 Å². The minimum atomic E-state index is -4.46. The summed E-state index contributed by atoms with van der Waals surface area (Å²) in [5.74, 6) is -0.553. The molecule has 1 aromatic heterocycles. The number of halogens is 3. The van der Waals surface area contributed by atoms with Crippen molar-refractivity contribution in [2.45, 2.75) is 17.6 Å². The first kappa shape index (κ1) is 23.9. The second-order valence-electron chi connectivity index (χ2n) is 7.56. The molecule has 2 heterocycles. The fourth-order valence-electron chi connectivity index (χ4n) is 3.44. The minimum absolute atomic E-state index is 0.0667. The second kappa shape index (κ2) is 9.57. The molecule has 8 nitrogen and oxygen atoms in total. The van der Waals surface area contributed by atoms with Crippen LogP contribution in [0.5, 0.6) is 0 Å². The summed E-state index contributed by atoms with van der Waals surface area (Å²) in [4.78, 5) is 16.6. The van der Waals surface area contributed by atoms with E-state index in [1.54, 1.807) is 16.7 Å². The van der Waals surface area contributed by atoms with Crippen LogP contribution in [-0.2, 0) is 27.5 Å². The zero-order chi connectivity index (χ0) is 24.3. The quantitative estimate of drug-likeness (QED) is 0.569. The number of morpholine rings is 1. The highest BCUT2D eigenvalue weighted by Crippen LogP contribution is 2.29. The number of hydrogen-bond acceptors (Lipinski definition) is 5. The third-order valence-electron chi connectivity index (χ3n) is 5.27. The van der Waals surface area contributed by atoms with Gasteiger partial charge in [-0.2, -0.15) is 17.5 Å². The Morgan fingerprint density at radius 2 is 1.79 bits per heavy atom. The van der Waals surface area contributed by atoms with Gasteiger partial charge in [0.1, 0.15) is 12.0 Å². The molecule has 0 radical (unpaired) electrons. The van der Waals surface area contributed by atoms with E-state index < -0.39 is 27.7 Å². The Kier molecular flexibility index (Phi) is 6.73. The van der Waals surface area contributed by atoms with Gasteiger partial charge in [-0.15, -0.1) is 0 Å². The zero-order valence-corrected chi connectivity index (χ0v) is 18.6. The summed E-state index contributed by atoms with van der Waals surface area (Å²) in [7, 11) is -3.62. The van der Waals surface area contributed by atoms with Gasteiger partial charge in [0, 0.05) is 31.5 Å². The van der Waals surface area contributed by atoms with Gasteiger partial charge < -0.3 is 14.6 Å². The predicted molar refractivity (Wildman–Crippen MR) is 116 cm³/mol. The Morgan fingerprint density at radius 1 is 1.09 bits per heavy atom. The van der Waals surface area contributed by atoms with E-state index >= 15 is 0 Å². The van der Waals surface area contributed by atoms with Crippen molar-refractivity contribution in [2.24, 2.45) is 0 Å². The molecule has 3 aromatic rings. The molecule has 1 N–H and O–H groups in total. The summed E-state index contributed by atoms with van der Waals surface area (Å²) >= 11 is 0. The van der Waals surface area contributed by atoms with Crippen LogP contribution in [0.25, 0.3) is 5.69 Å². The summed E-state index contributed by atoms with van der Waals surface area (Å²) in [6.07, 6.45) is -1.62. The van der Waals surface area contributed by atoms with Crippen LogP contribution in [0.1, 0.15) is 21.6 Å². The monoisotopic (exact) mass is 494 g/mol. The Hall–Kier alpha value is -3.22. The third kappa shape index (κ3) is 5.29. The molecular weight excluding hydrogens is 473 g/mol. The number of ether oxygens (including phenoxy) is 1. The normalized spacial score (nSPS) is 15.3. The number of sulfonamides is 1. The third-order valence-corrected chi connectivity index (χ3v) is 7.18. The first-order valence-electron chi connectivity index (χ1n) is 10.3. The van der Waals surface area contributed by atoms with Crippen molar-refractivity contribution in [3.05, 3.63) is 77.9 Å². The molecule has 1 fully saturated rings. The standard InChI is InChI=1S/C22H21F3N4O4S/c23-22(24,25)17-3-1-2-16(12-17)13-26-21(30)20-14-28(15-27-20)18-4-6-19(7-5-18)34(31,32)29-8-10-33-11-9-29/h1-7,12,14-15H,8-11,13H2,(H,26,30). The average Bonchev–Trinajstić information content (AvgIpc) is 3.33. The molecule has 1 amide bonds. The number of alkyl halides is 3. The molecule has 180 valence electrons. The van der Waals surface area contributed by atoms with Gasteiger partial charge in [-0.1, -0.05) is 12.1 Å². The predicted octanol–water partition coefficient (Wildman–Crippen LogP) is 2.84. The number of aromatic nitrogens is 2. The molecule has 0 aliphatic carbocycles. The van der Waals surface area contributed by atoms with Gasteiger partial charge in [0.05, 0.1) is 23.7 Å². The molecule has 12 heteroatoms. The summed E-state index contributed by atoms with van der Waals surface area (Å²) in [5, 5.41) is 2.55. The van der Waals surface area contributed by atoms with Crippen molar-refractivity contribution in [1.29, 1.82) is 0 Å². The second-order valence-corrected chi connectivity index (χ2v) is 9.50. The number of nitrogens with zero attached hydrogens (tertiary/aromatic N) is 3. The molecule has 4 rings (SSSR count). The fourth-order valence-corrected chi connectivity index (χ4v) is 4.85. The van der Waals surface area contributed by atoms with Gasteiger partial charge in [-0.3, -0.25) is 4.79 Å². The maximum absolute atomic E-state index is 12.8. The molecule has 1 aliphatic rings. The van der Waals surface area contributed by atoms with Crippen molar-refractivity contribution >= 4 is 15.9 Å². The van der Waals surface area contributed by atoms with E-state index in [2.05, 4.69) is 10.3 Å². The maximum atomic E-state index is 12.8. The molecule has 0 atom stereocenters. The molecule has 0 unspecified atom stereocenters. The van der Waals surface area contributed by atoms with Crippen LogP contribution in [0.3, 0.4) is 0 Å². The largest absolute Gasteiger partial charge is 0.416 e. The Bertz CT molecular complexity index is 1270. The number of nitrogens with one attached hydrogen (secondary N) is 1. The highest BCUT2D eigenvalue weighted by molar-refractivity contribution is 7.89. The highest BCUT2D eigenvalue weighted by atomic mass is 32.2. The van der Waals surface area contributed by atoms with Crippen molar-refractivity contribution < 1.29 is 31.1 Å². The summed E-state index contributed by atoms with van der Waals surface area (Å²) < 4.78 is 72.1. The lowest BCUT2D eigenvalue weighted by atomic mass is 10.1. The Balaban J connectivity index is 1.41. The van der Waals surface area contributed by atoms with Gasteiger partial charge in [0.2, 0.25) is 10.0 Å². The SMILES string of the molecule is O=C(NCc1cccc(C(F)(F)F)c1)c1cn(-c2ccc(S(=O)(=O)N3CCOCC3)cc2)cn1. The summed E-state index contributed by atoms with van der Waals surface area (Å²) in [5.41, 5.74) is 0.171. The highest BCUT2D eigenvalue weighted by Gasteiger charge is 2.30. The van der Waals surface area contributed by atoms with E-state index in [-0.39, 0.29) is 17.1 Å². The van der Waals surface area contributed by atoms with Crippen LogP contribution in [0.2, 0.25) is 0 Å². The smallest absolute Gasteiger partial charge is 0.379 e. The van der Waals surface area contributed by atoms with Crippen LogP contribution >= 0.6 is 0 Å². The van der Waals surface area contributed by atoms with Gasteiger partial charge in [0.15, 0.2) is 0 Å². The topological polar surface area (TPSA) is 93.5 Å². The molecular formula is C22H21F3N4O4S. The molecule has 0 spiro atoms. The average molecular weight is 494 g/mol. The molecule has 1 aliphatic heterocycles. The lowest BCUT2D eigenvalue weighted by Gasteiger charge is -2.26. The molecule has 0 saturated carbocycles. The molecule has 34 heavy (non-hydrogen) atoms. The van der Waals surface area contributed by atoms with Gasteiger partial charge >= 0.3 is 6.18 Å².